The number of carbonyl (C=O) groups is 2. The van der Waals surface area contributed by atoms with Gasteiger partial charge in [0, 0.05) is 20.3 Å². The quantitative estimate of drug-likeness (QED) is 0.599. The first-order valence-electron chi connectivity index (χ1n) is 9.52. The molecule has 152 valence electrons. The standard InChI is InChI=1S/C20H23N5O4/c1-28-9-7-20(5-3-6-20)11-22-19(27)14-10-13(15-4-2-8-29-15)24-18-16(17(21)26)23-12-25(14)18/h2,4,8,10,12H,3,5-7,9,11H2,1H3,(H2,21,26)(H,22,27). The molecule has 1 aliphatic carbocycles. The number of methoxy groups -OCH3 is 1. The lowest BCUT2D eigenvalue weighted by molar-refractivity contribution is 0.0629. The van der Waals surface area contributed by atoms with Gasteiger partial charge in [-0.25, -0.2) is 9.97 Å². The van der Waals surface area contributed by atoms with Crippen molar-refractivity contribution in [2.75, 3.05) is 20.3 Å². The van der Waals surface area contributed by atoms with Crippen LogP contribution in [0.4, 0.5) is 0 Å². The first-order valence-corrected chi connectivity index (χ1v) is 9.52. The normalized spacial score (nSPS) is 15.2. The van der Waals surface area contributed by atoms with Gasteiger partial charge in [-0.1, -0.05) is 6.42 Å². The van der Waals surface area contributed by atoms with Crippen molar-refractivity contribution in [3.63, 3.8) is 0 Å². The molecule has 29 heavy (non-hydrogen) atoms. The lowest BCUT2D eigenvalue weighted by Gasteiger charge is -2.42. The van der Waals surface area contributed by atoms with Crippen LogP contribution in [0.3, 0.4) is 0 Å². The van der Waals surface area contributed by atoms with Crippen LogP contribution in [0.5, 0.6) is 0 Å². The summed E-state index contributed by atoms with van der Waals surface area (Å²) in [5.74, 6) is -0.507. The summed E-state index contributed by atoms with van der Waals surface area (Å²) < 4.78 is 12.1. The van der Waals surface area contributed by atoms with E-state index in [1.165, 1.54) is 17.0 Å². The Bertz CT molecular complexity index is 1040. The number of furan rings is 1. The number of hydrogen-bond donors (Lipinski definition) is 2. The Balaban J connectivity index is 1.66. The number of ether oxygens (including phenoxy) is 1. The zero-order chi connectivity index (χ0) is 20.4. The van der Waals surface area contributed by atoms with Gasteiger partial charge in [0.05, 0.1) is 6.26 Å². The molecule has 3 N–H and O–H groups in total. The minimum absolute atomic E-state index is 0.00279. The topological polar surface area (TPSA) is 125 Å². The Morgan fingerprint density at radius 3 is 2.86 bits per heavy atom. The molecule has 9 heteroatoms. The number of nitrogens with one attached hydrogen (secondary N) is 1. The smallest absolute Gasteiger partial charge is 0.271 e. The van der Waals surface area contributed by atoms with Crippen molar-refractivity contribution in [2.24, 2.45) is 11.1 Å². The number of hydrogen-bond acceptors (Lipinski definition) is 6. The van der Waals surface area contributed by atoms with E-state index in [0.717, 1.165) is 25.7 Å². The molecule has 2 amide bonds. The van der Waals surface area contributed by atoms with Gasteiger partial charge in [-0.3, -0.25) is 14.0 Å². The monoisotopic (exact) mass is 397 g/mol. The van der Waals surface area contributed by atoms with E-state index < -0.39 is 5.91 Å². The number of aromatic nitrogens is 3. The predicted molar refractivity (Wildman–Crippen MR) is 104 cm³/mol. The predicted octanol–water partition coefficient (Wildman–Crippen LogP) is 2.02. The summed E-state index contributed by atoms with van der Waals surface area (Å²) in [6.07, 6.45) is 7.10. The lowest BCUT2D eigenvalue weighted by Crippen LogP contribution is -2.43. The second-order valence-corrected chi connectivity index (χ2v) is 7.43. The van der Waals surface area contributed by atoms with Crippen LogP contribution in [0.1, 0.15) is 46.7 Å². The number of nitrogens with two attached hydrogens (primary N) is 1. The number of rotatable bonds is 8. The van der Waals surface area contributed by atoms with Crippen LogP contribution in [0, 0.1) is 5.41 Å². The van der Waals surface area contributed by atoms with Gasteiger partial charge in [0.15, 0.2) is 17.1 Å². The van der Waals surface area contributed by atoms with Crippen LogP contribution in [0.2, 0.25) is 0 Å². The zero-order valence-electron chi connectivity index (χ0n) is 16.2. The van der Waals surface area contributed by atoms with Gasteiger partial charge in [0.2, 0.25) is 0 Å². The fraction of sp³-hybridized carbons (Fsp3) is 0.400. The van der Waals surface area contributed by atoms with E-state index in [1.807, 2.05) is 0 Å². The molecule has 0 aliphatic heterocycles. The van der Waals surface area contributed by atoms with Gasteiger partial charge < -0.3 is 20.2 Å². The van der Waals surface area contributed by atoms with Gasteiger partial charge in [-0.2, -0.15) is 0 Å². The molecule has 0 unspecified atom stereocenters. The van der Waals surface area contributed by atoms with Gasteiger partial charge in [0.1, 0.15) is 17.7 Å². The summed E-state index contributed by atoms with van der Waals surface area (Å²) >= 11 is 0. The molecule has 0 aromatic carbocycles. The number of imidazole rings is 1. The van der Waals surface area contributed by atoms with Crippen molar-refractivity contribution < 1.29 is 18.7 Å². The molecule has 3 heterocycles. The second-order valence-electron chi connectivity index (χ2n) is 7.43. The Morgan fingerprint density at radius 1 is 1.41 bits per heavy atom. The average molecular weight is 397 g/mol. The molecule has 0 spiro atoms. The third kappa shape index (κ3) is 3.61. The largest absolute Gasteiger partial charge is 0.463 e. The van der Waals surface area contributed by atoms with Crippen molar-refractivity contribution in [3.8, 4) is 11.5 Å². The second kappa shape index (κ2) is 7.67. The Labute approximate surface area is 167 Å². The van der Waals surface area contributed by atoms with E-state index in [2.05, 4.69) is 15.3 Å². The molecular weight excluding hydrogens is 374 g/mol. The van der Waals surface area contributed by atoms with E-state index in [0.29, 0.717) is 30.3 Å². The minimum atomic E-state index is -0.712. The van der Waals surface area contributed by atoms with Crippen LogP contribution in [0.25, 0.3) is 17.1 Å². The summed E-state index contributed by atoms with van der Waals surface area (Å²) in [6, 6.07) is 5.08. The highest BCUT2D eigenvalue weighted by atomic mass is 16.5. The van der Waals surface area contributed by atoms with Crippen LogP contribution in [-0.2, 0) is 4.74 Å². The van der Waals surface area contributed by atoms with E-state index in [9.17, 15) is 9.59 Å². The molecule has 1 fully saturated rings. The molecule has 9 nitrogen and oxygen atoms in total. The highest BCUT2D eigenvalue weighted by Crippen LogP contribution is 2.43. The van der Waals surface area contributed by atoms with Gasteiger partial charge >= 0.3 is 0 Å². The van der Waals surface area contributed by atoms with Crippen molar-refractivity contribution >= 4 is 17.5 Å². The molecule has 3 aromatic heterocycles. The molecule has 1 saturated carbocycles. The molecule has 4 rings (SSSR count). The van der Waals surface area contributed by atoms with E-state index in [4.69, 9.17) is 14.9 Å². The van der Waals surface area contributed by atoms with Gasteiger partial charge in [-0.05, 0) is 42.9 Å². The molecule has 3 aromatic rings. The number of nitrogens with zero attached hydrogens (tertiary/aromatic N) is 3. The summed E-state index contributed by atoms with van der Waals surface area (Å²) in [4.78, 5) is 33.2. The molecular formula is C20H23N5O4. The van der Waals surface area contributed by atoms with Crippen LogP contribution in [0.15, 0.2) is 35.2 Å². The van der Waals surface area contributed by atoms with Crippen molar-refractivity contribution in [3.05, 3.63) is 42.2 Å². The highest BCUT2D eigenvalue weighted by molar-refractivity contribution is 5.99. The summed E-state index contributed by atoms with van der Waals surface area (Å²) in [7, 11) is 1.68. The zero-order valence-corrected chi connectivity index (χ0v) is 16.2. The highest BCUT2D eigenvalue weighted by Gasteiger charge is 2.37. The van der Waals surface area contributed by atoms with Gasteiger partial charge in [-0.15, -0.1) is 0 Å². The summed E-state index contributed by atoms with van der Waals surface area (Å²) in [5.41, 5.74) is 6.45. The van der Waals surface area contributed by atoms with E-state index in [-0.39, 0.29) is 22.7 Å². The Morgan fingerprint density at radius 2 is 2.24 bits per heavy atom. The minimum Gasteiger partial charge on any atom is -0.463 e. The van der Waals surface area contributed by atoms with Gasteiger partial charge in [0.25, 0.3) is 11.8 Å². The average Bonchev–Trinajstić information content (AvgIpc) is 3.35. The van der Waals surface area contributed by atoms with Crippen molar-refractivity contribution in [1.29, 1.82) is 0 Å². The van der Waals surface area contributed by atoms with E-state index >= 15 is 0 Å². The summed E-state index contributed by atoms with van der Waals surface area (Å²) in [5, 5.41) is 3.04. The lowest BCUT2D eigenvalue weighted by atomic mass is 9.67. The van der Waals surface area contributed by atoms with Crippen LogP contribution < -0.4 is 11.1 Å². The SMILES string of the molecule is COCCC1(CNC(=O)c2cc(-c3ccco3)nc3c(C(N)=O)ncn23)CCC1. The van der Waals surface area contributed by atoms with Crippen LogP contribution >= 0.6 is 0 Å². The van der Waals surface area contributed by atoms with Crippen molar-refractivity contribution in [2.45, 2.75) is 25.7 Å². The molecule has 0 atom stereocenters. The third-order valence-corrected chi connectivity index (χ3v) is 5.62. The number of amides is 2. The first-order chi connectivity index (χ1) is 14.0. The number of primary amides is 1. The first kappa shape index (κ1) is 19.1. The number of fused-ring (bicyclic) bond motifs is 1. The van der Waals surface area contributed by atoms with Crippen LogP contribution in [-0.4, -0.2) is 46.4 Å². The fourth-order valence-corrected chi connectivity index (χ4v) is 3.74. The Hall–Kier alpha value is -3.20. The fourth-order valence-electron chi connectivity index (χ4n) is 3.74. The van der Waals surface area contributed by atoms with Crippen molar-refractivity contribution in [1.82, 2.24) is 19.7 Å². The van der Waals surface area contributed by atoms with E-state index in [1.54, 1.807) is 25.3 Å². The third-order valence-electron chi connectivity index (χ3n) is 5.62. The number of carbonyl (C=O) groups excluding carboxylic acids is 2. The maximum atomic E-state index is 13.1. The molecule has 1 aliphatic rings. The molecule has 0 saturated heterocycles. The Kier molecular flexibility index (Phi) is 5.06. The maximum absolute atomic E-state index is 13.1. The molecule has 0 bridgehead atoms. The molecule has 0 radical (unpaired) electrons. The maximum Gasteiger partial charge on any atom is 0.271 e. The summed E-state index contributed by atoms with van der Waals surface area (Å²) in [6.45, 7) is 1.23.